The first-order valence-corrected chi connectivity index (χ1v) is 8.46. The minimum absolute atomic E-state index is 0.0404. The lowest BCUT2D eigenvalue weighted by Crippen LogP contribution is -2.34. The summed E-state index contributed by atoms with van der Waals surface area (Å²) in [6, 6.07) is 12.0. The molecule has 0 radical (unpaired) electrons. The second-order valence-electron chi connectivity index (χ2n) is 4.89. The highest BCUT2D eigenvalue weighted by Crippen LogP contribution is 2.21. The molecule has 0 heterocycles. The number of carbonyl (C=O) groups excluding carboxylic acids is 2. The molecule has 24 heavy (non-hydrogen) atoms. The number of hydrogen-bond donors (Lipinski definition) is 2. The van der Waals surface area contributed by atoms with Crippen molar-refractivity contribution in [1.29, 1.82) is 0 Å². The lowest BCUT2D eigenvalue weighted by Gasteiger charge is -2.11. The van der Waals surface area contributed by atoms with Crippen LogP contribution in [0.2, 0.25) is 0 Å². The summed E-state index contributed by atoms with van der Waals surface area (Å²) in [6.07, 6.45) is 0. The van der Waals surface area contributed by atoms with Gasteiger partial charge in [0.2, 0.25) is 0 Å². The molecule has 5 nitrogen and oxygen atoms in total. The fourth-order valence-corrected chi connectivity index (χ4v) is 2.91. The molecular formula is C17H15IN2O3S. The van der Waals surface area contributed by atoms with Crippen LogP contribution >= 0.6 is 34.8 Å². The second-order valence-corrected chi connectivity index (χ2v) is 6.47. The van der Waals surface area contributed by atoms with E-state index in [2.05, 4.69) is 33.2 Å². The Bertz CT molecular complexity index is 808. The maximum atomic E-state index is 12.2. The number of amides is 1. The van der Waals surface area contributed by atoms with E-state index in [0.29, 0.717) is 22.6 Å². The summed E-state index contributed by atoms with van der Waals surface area (Å²) in [7, 11) is 1.57. The number of nitrogens with one attached hydrogen (secondary N) is 2. The number of rotatable bonds is 4. The van der Waals surface area contributed by atoms with Gasteiger partial charge < -0.3 is 10.1 Å². The standard InChI is InChI=1S/C17H15IN2O3S/c1-10(21)11-4-3-5-13(8-11)19-17(24)20-16(22)12-6-7-15(23-2)14(18)9-12/h3-9H,1-2H3,(H2,19,20,22,24). The van der Waals surface area contributed by atoms with Crippen LogP contribution in [0.15, 0.2) is 42.5 Å². The molecule has 2 aromatic rings. The van der Waals surface area contributed by atoms with E-state index < -0.39 is 0 Å². The summed E-state index contributed by atoms with van der Waals surface area (Å²) < 4.78 is 5.99. The quantitative estimate of drug-likeness (QED) is 0.420. The Labute approximate surface area is 158 Å². The third kappa shape index (κ3) is 4.75. The highest BCUT2D eigenvalue weighted by Gasteiger charge is 2.11. The van der Waals surface area contributed by atoms with E-state index in [9.17, 15) is 9.59 Å². The molecule has 2 aromatic carbocycles. The first-order valence-electron chi connectivity index (χ1n) is 6.97. The largest absolute Gasteiger partial charge is 0.496 e. The van der Waals surface area contributed by atoms with Crippen LogP contribution in [0.3, 0.4) is 0 Å². The van der Waals surface area contributed by atoms with Crippen molar-refractivity contribution in [1.82, 2.24) is 5.32 Å². The van der Waals surface area contributed by atoms with E-state index in [0.717, 1.165) is 3.57 Å². The first kappa shape index (κ1) is 18.3. The highest BCUT2D eigenvalue weighted by molar-refractivity contribution is 14.1. The smallest absolute Gasteiger partial charge is 0.257 e. The molecule has 2 N–H and O–H groups in total. The molecule has 7 heteroatoms. The molecule has 0 bridgehead atoms. The summed E-state index contributed by atoms with van der Waals surface area (Å²) in [6.45, 7) is 1.49. The molecule has 0 saturated heterocycles. The number of benzene rings is 2. The van der Waals surface area contributed by atoms with Gasteiger partial charge in [-0.2, -0.15) is 0 Å². The first-order chi connectivity index (χ1) is 11.4. The van der Waals surface area contributed by atoms with Gasteiger partial charge in [-0.3, -0.25) is 14.9 Å². The van der Waals surface area contributed by atoms with Crippen LogP contribution in [0.25, 0.3) is 0 Å². The lowest BCUT2D eigenvalue weighted by molar-refractivity contribution is 0.0975. The van der Waals surface area contributed by atoms with Gasteiger partial charge in [0.1, 0.15) is 5.75 Å². The Balaban J connectivity index is 2.04. The van der Waals surface area contributed by atoms with Crippen LogP contribution in [0, 0.1) is 3.57 Å². The average molecular weight is 454 g/mol. The van der Waals surface area contributed by atoms with Gasteiger partial charge in [0, 0.05) is 16.8 Å². The zero-order valence-electron chi connectivity index (χ0n) is 13.1. The number of methoxy groups -OCH3 is 1. The summed E-state index contributed by atoms with van der Waals surface area (Å²) in [4.78, 5) is 23.6. The van der Waals surface area contributed by atoms with Crippen LogP contribution in [0.5, 0.6) is 5.75 Å². The maximum absolute atomic E-state index is 12.2. The van der Waals surface area contributed by atoms with Crippen molar-refractivity contribution in [3.63, 3.8) is 0 Å². The highest BCUT2D eigenvalue weighted by atomic mass is 127. The summed E-state index contributed by atoms with van der Waals surface area (Å²) >= 11 is 7.24. The van der Waals surface area contributed by atoms with Crippen LogP contribution in [0.4, 0.5) is 5.69 Å². The number of hydrogen-bond acceptors (Lipinski definition) is 4. The Kier molecular flexibility index (Phi) is 6.27. The van der Waals surface area contributed by atoms with Gasteiger partial charge in [-0.15, -0.1) is 0 Å². The van der Waals surface area contributed by atoms with Gasteiger partial charge in [-0.05, 0) is 72.1 Å². The van der Waals surface area contributed by atoms with Crippen LogP contribution in [-0.2, 0) is 0 Å². The average Bonchev–Trinajstić information content (AvgIpc) is 2.54. The number of ketones is 1. The molecule has 0 aliphatic carbocycles. The Morgan fingerprint density at radius 3 is 2.50 bits per heavy atom. The molecule has 0 atom stereocenters. The molecule has 0 unspecified atom stereocenters. The van der Waals surface area contributed by atoms with E-state index in [1.54, 1.807) is 49.6 Å². The van der Waals surface area contributed by atoms with Gasteiger partial charge in [-0.1, -0.05) is 12.1 Å². The van der Waals surface area contributed by atoms with E-state index in [4.69, 9.17) is 17.0 Å². The predicted molar refractivity (Wildman–Crippen MR) is 106 cm³/mol. The van der Waals surface area contributed by atoms with Gasteiger partial charge in [-0.25, -0.2) is 0 Å². The minimum atomic E-state index is -0.323. The number of Topliss-reactive ketones (excluding diaryl/α,β-unsaturated/α-hetero) is 1. The third-order valence-corrected chi connectivity index (χ3v) is 4.22. The number of carbonyl (C=O) groups is 2. The number of anilines is 1. The molecule has 124 valence electrons. The molecule has 0 aromatic heterocycles. The molecule has 0 aliphatic heterocycles. The topological polar surface area (TPSA) is 67.4 Å². The molecule has 0 fully saturated rings. The molecule has 1 amide bonds. The van der Waals surface area contributed by atoms with Crippen LogP contribution < -0.4 is 15.4 Å². The van der Waals surface area contributed by atoms with Gasteiger partial charge in [0.15, 0.2) is 10.9 Å². The van der Waals surface area contributed by atoms with Crippen molar-refractivity contribution in [3.8, 4) is 5.75 Å². The molecule has 0 spiro atoms. The zero-order chi connectivity index (χ0) is 17.7. The normalized spacial score (nSPS) is 9.96. The Morgan fingerprint density at radius 1 is 1.12 bits per heavy atom. The fraction of sp³-hybridized carbons (Fsp3) is 0.118. The maximum Gasteiger partial charge on any atom is 0.257 e. The number of ether oxygens (including phenoxy) is 1. The van der Waals surface area contributed by atoms with Crippen molar-refractivity contribution in [2.75, 3.05) is 12.4 Å². The predicted octanol–water partition coefficient (Wildman–Crippen LogP) is 3.63. The Morgan fingerprint density at radius 2 is 1.88 bits per heavy atom. The fourth-order valence-electron chi connectivity index (χ4n) is 1.96. The molecule has 0 aliphatic rings. The summed E-state index contributed by atoms with van der Waals surface area (Å²) in [5.74, 6) is 0.339. The molecule has 2 rings (SSSR count). The van der Waals surface area contributed by atoms with Crippen molar-refractivity contribution < 1.29 is 14.3 Å². The molecule has 0 saturated carbocycles. The molecular weight excluding hydrogens is 439 g/mol. The van der Waals surface area contributed by atoms with Crippen LogP contribution in [-0.4, -0.2) is 23.9 Å². The van der Waals surface area contributed by atoms with Crippen molar-refractivity contribution in [3.05, 3.63) is 57.2 Å². The van der Waals surface area contributed by atoms with E-state index in [1.807, 2.05) is 0 Å². The monoisotopic (exact) mass is 454 g/mol. The number of thiocarbonyl (C=S) groups is 1. The zero-order valence-corrected chi connectivity index (χ0v) is 16.0. The van der Waals surface area contributed by atoms with Gasteiger partial charge in [0.05, 0.1) is 10.7 Å². The van der Waals surface area contributed by atoms with Crippen molar-refractivity contribution in [2.24, 2.45) is 0 Å². The van der Waals surface area contributed by atoms with Gasteiger partial charge >= 0.3 is 0 Å². The SMILES string of the molecule is COc1ccc(C(=O)NC(=S)Nc2cccc(C(C)=O)c2)cc1I. The lowest BCUT2D eigenvalue weighted by atomic mass is 10.1. The van der Waals surface area contributed by atoms with Crippen molar-refractivity contribution in [2.45, 2.75) is 6.92 Å². The minimum Gasteiger partial charge on any atom is -0.496 e. The van der Waals surface area contributed by atoms with E-state index in [-0.39, 0.29) is 16.8 Å². The summed E-state index contributed by atoms with van der Waals surface area (Å²) in [5, 5.41) is 5.66. The number of halogens is 1. The second kappa shape index (κ2) is 8.20. The third-order valence-electron chi connectivity index (χ3n) is 3.17. The van der Waals surface area contributed by atoms with Crippen LogP contribution in [0.1, 0.15) is 27.6 Å². The van der Waals surface area contributed by atoms with Gasteiger partial charge in [0.25, 0.3) is 5.91 Å². The summed E-state index contributed by atoms with van der Waals surface area (Å²) in [5.41, 5.74) is 1.68. The van der Waals surface area contributed by atoms with E-state index in [1.165, 1.54) is 6.92 Å². The van der Waals surface area contributed by atoms with E-state index >= 15 is 0 Å². The van der Waals surface area contributed by atoms with Crippen molar-refractivity contribution >= 4 is 57.3 Å². The Hall–Kier alpha value is -2.00.